The van der Waals surface area contributed by atoms with Crippen LogP contribution in [0.4, 0.5) is 0 Å². The van der Waals surface area contributed by atoms with Crippen LogP contribution < -0.4 is 4.74 Å². The molecule has 2 aromatic rings. The number of carbonyl (C=O) groups is 2. The number of fused-ring (bicyclic) bond motifs is 1. The maximum Gasteiger partial charge on any atom is 0.242 e. The quantitative estimate of drug-likeness (QED) is 0.524. The summed E-state index contributed by atoms with van der Waals surface area (Å²) in [5, 5.41) is 2.08. The molecule has 168 valence electrons. The van der Waals surface area contributed by atoms with Crippen molar-refractivity contribution in [1.82, 2.24) is 9.80 Å². The van der Waals surface area contributed by atoms with Gasteiger partial charge in [-0.3, -0.25) is 9.59 Å². The van der Waals surface area contributed by atoms with Crippen LogP contribution in [0.5, 0.6) is 5.75 Å². The van der Waals surface area contributed by atoms with Crippen LogP contribution in [0.3, 0.4) is 0 Å². The van der Waals surface area contributed by atoms with E-state index in [4.69, 9.17) is 9.47 Å². The Morgan fingerprint density at radius 3 is 2.71 bits per heavy atom. The fraction of sp³-hybridized carbons (Fsp3) is 0.500. The van der Waals surface area contributed by atoms with E-state index in [9.17, 15) is 9.59 Å². The zero-order chi connectivity index (χ0) is 22.2. The highest BCUT2D eigenvalue weighted by Gasteiger charge is 2.33. The van der Waals surface area contributed by atoms with E-state index < -0.39 is 0 Å². The summed E-state index contributed by atoms with van der Waals surface area (Å²) in [6, 6.07) is 11.6. The molecule has 0 N–H and O–H groups in total. The molecule has 0 spiro atoms. The van der Waals surface area contributed by atoms with Crippen molar-refractivity contribution in [2.24, 2.45) is 5.92 Å². The van der Waals surface area contributed by atoms with E-state index in [-0.39, 0.29) is 30.3 Å². The highest BCUT2D eigenvalue weighted by atomic mass is 32.1. The third-order valence-electron chi connectivity index (χ3n) is 5.47. The van der Waals surface area contributed by atoms with Gasteiger partial charge < -0.3 is 19.3 Å². The van der Waals surface area contributed by atoms with Crippen LogP contribution >= 0.6 is 11.3 Å². The number of hydrogen-bond donors (Lipinski definition) is 0. The number of amides is 2. The molecule has 0 bridgehead atoms. The van der Waals surface area contributed by atoms with Crippen LogP contribution in [0.25, 0.3) is 0 Å². The molecule has 0 aliphatic carbocycles. The second-order valence-electron chi connectivity index (χ2n) is 8.04. The third-order valence-corrected chi connectivity index (χ3v) is 6.47. The molecule has 2 amide bonds. The Hall–Kier alpha value is -2.38. The van der Waals surface area contributed by atoms with Crippen molar-refractivity contribution in [2.45, 2.75) is 32.7 Å². The van der Waals surface area contributed by atoms with E-state index in [1.807, 2.05) is 49.1 Å². The maximum atomic E-state index is 13.4. The Bertz CT molecular complexity index is 852. The van der Waals surface area contributed by atoms with Gasteiger partial charge in [-0.05, 0) is 42.0 Å². The minimum atomic E-state index is -0.155. The topological polar surface area (TPSA) is 59.1 Å². The van der Waals surface area contributed by atoms with Gasteiger partial charge in [0.15, 0.2) is 0 Å². The van der Waals surface area contributed by atoms with Gasteiger partial charge in [-0.15, -0.1) is 11.3 Å². The van der Waals surface area contributed by atoms with Crippen molar-refractivity contribution >= 4 is 23.2 Å². The molecule has 1 aromatic heterocycles. The minimum Gasteiger partial charge on any atom is -0.491 e. The first-order chi connectivity index (χ1) is 15.0. The SMILES string of the molecule is COCCCN(CC(=O)N1CCc2sccc2C1COc1ccccc1)C(=O)C(C)C. The summed E-state index contributed by atoms with van der Waals surface area (Å²) >= 11 is 1.73. The predicted octanol–water partition coefficient (Wildman–Crippen LogP) is 3.77. The summed E-state index contributed by atoms with van der Waals surface area (Å²) < 4.78 is 11.2. The summed E-state index contributed by atoms with van der Waals surface area (Å²) in [5.74, 6) is 0.588. The van der Waals surface area contributed by atoms with Crippen LogP contribution in [0.1, 0.15) is 36.8 Å². The summed E-state index contributed by atoms with van der Waals surface area (Å²) in [5.41, 5.74) is 1.15. The van der Waals surface area contributed by atoms with Crippen LogP contribution in [-0.4, -0.2) is 61.6 Å². The first-order valence-electron chi connectivity index (χ1n) is 10.8. The Kier molecular flexibility index (Phi) is 8.49. The molecule has 1 aliphatic heterocycles. The Balaban J connectivity index is 1.73. The van der Waals surface area contributed by atoms with Gasteiger partial charge in [0.05, 0.1) is 12.6 Å². The number of para-hydroxylation sites is 1. The molecule has 3 rings (SSSR count). The monoisotopic (exact) mass is 444 g/mol. The standard InChI is InChI=1S/C24H32N2O4S/c1-18(2)24(28)25(12-7-14-29-3)16-23(27)26-13-10-22-20(11-15-31-22)21(26)17-30-19-8-5-4-6-9-19/h4-6,8-9,11,15,18,21H,7,10,12-14,16-17H2,1-3H3. The smallest absolute Gasteiger partial charge is 0.242 e. The summed E-state index contributed by atoms with van der Waals surface area (Å²) in [4.78, 5) is 30.9. The van der Waals surface area contributed by atoms with Crippen LogP contribution in [0.2, 0.25) is 0 Å². The highest BCUT2D eigenvalue weighted by Crippen LogP contribution is 2.34. The number of methoxy groups -OCH3 is 1. The van der Waals surface area contributed by atoms with E-state index in [0.29, 0.717) is 32.7 Å². The molecule has 0 saturated heterocycles. The number of benzene rings is 1. The average Bonchev–Trinajstić information content (AvgIpc) is 3.26. The van der Waals surface area contributed by atoms with E-state index in [2.05, 4.69) is 11.4 Å². The third kappa shape index (κ3) is 6.08. The average molecular weight is 445 g/mol. The molecule has 6 nitrogen and oxygen atoms in total. The van der Waals surface area contributed by atoms with Gasteiger partial charge in [-0.1, -0.05) is 32.0 Å². The highest BCUT2D eigenvalue weighted by molar-refractivity contribution is 7.10. The van der Waals surface area contributed by atoms with E-state index in [0.717, 1.165) is 17.7 Å². The van der Waals surface area contributed by atoms with Crippen molar-refractivity contribution in [2.75, 3.05) is 40.0 Å². The van der Waals surface area contributed by atoms with Crippen molar-refractivity contribution in [3.8, 4) is 5.75 Å². The van der Waals surface area contributed by atoms with Gasteiger partial charge in [0, 0.05) is 37.6 Å². The van der Waals surface area contributed by atoms with Gasteiger partial charge in [0.1, 0.15) is 12.4 Å². The van der Waals surface area contributed by atoms with Crippen LogP contribution in [0, 0.1) is 5.92 Å². The molecule has 0 saturated carbocycles. The predicted molar refractivity (Wildman–Crippen MR) is 122 cm³/mol. The van der Waals surface area contributed by atoms with E-state index >= 15 is 0 Å². The zero-order valence-electron chi connectivity index (χ0n) is 18.6. The largest absolute Gasteiger partial charge is 0.491 e. The lowest BCUT2D eigenvalue weighted by Gasteiger charge is -2.37. The van der Waals surface area contributed by atoms with Crippen molar-refractivity contribution in [3.05, 3.63) is 52.2 Å². The zero-order valence-corrected chi connectivity index (χ0v) is 19.4. The van der Waals surface area contributed by atoms with Crippen LogP contribution in [-0.2, 0) is 20.7 Å². The van der Waals surface area contributed by atoms with Crippen LogP contribution in [0.15, 0.2) is 41.8 Å². The summed E-state index contributed by atoms with van der Waals surface area (Å²) in [7, 11) is 1.64. The molecular weight excluding hydrogens is 412 g/mol. The second kappa shape index (κ2) is 11.3. The molecule has 2 heterocycles. The number of hydrogen-bond acceptors (Lipinski definition) is 5. The summed E-state index contributed by atoms with van der Waals surface area (Å²) in [6.07, 6.45) is 1.54. The molecular formula is C24H32N2O4S. The lowest BCUT2D eigenvalue weighted by Crippen LogP contribution is -2.48. The maximum absolute atomic E-state index is 13.4. The lowest BCUT2D eigenvalue weighted by molar-refractivity contribution is -0.144. The van der Waals surface area contributed by atoms with Gasteiger partial charge in [-0.25, -0.2) is 0 Å². The molecule has 0 fully saturated rings. The Morgan fingerprint density at radius 2 is 2.00 bits per heavy atom. The van der Waals surface area contributed by atoms with Gasteiger partial charge in [0.25, 0.3) is 0 Å². The second-order valence-corrected chi connectivity index (χ2v) is 9.04. The van der Waals surface area contributed by atoms with E-state index in [1.54, 1.807) is 23.3 Å². The summed E-state index contributed by atoms with van der Waals surface area (Å²) in [6.45, 7) is 5.92. The number of carbonyl (C=O) groups excluding carboxylic acids is 2. The van der Waals surface area contributed by atoms with Crippen molar-refractivity contribution in [3.63, 3.8) is 0 Å². The molecule has 1 aromatic carbocycles. The number of ether oxygens (including phenoxy) is 2. The van der Waals surface area contributed by atoms with Crippen molar-refractivity contribution in [1.29, 1.82) is 0 Å². The number of rotatable bonds is 10. The molecule has 1 unspecified atom stereocenters. The van der Waals surface area contributed by atoms with Gasteiger partial charge >= 0.3 is 0 Å². The Morgan fingerprint density at radius 1 is 1.23 bits per heavy atom. The van der Waals surface area contributed by atoms with Gasteiger partial charge in [0.2, 0.25) is 11.8 Å². The molecule has 1 aliphatic rings. The normalized spacial score (nSPS) is 15.6. The first kappa shape index (κ1) is 23.3. The van der Waals surface area contributed by atoms with Crippen molar-refractivity contribution < 1.29 is 19.1 Å². The fourth-order valence-electron chi connectivity index (χ4n) is 3.85. The Labute approximate surface area is 188 Å². The lowest BCUT2D eigenvalue weighted by atomic mass is 10.00. The molecule has 31 heavy (non-hydrogen) atoms. The molecule has 7 heteroatoms. The first-order valence-corrected chi connectivity index (χ1v) is 11.7. The fourth-order valence-corrected chi connectivity index (χ4v) is 4.78. The minimum absolute atomic E-state index is 0.00484. The molecule has 0 radical (unpaired) electrons. The number of nitrogens with zero attached hydrogens (tertiary/aromatic N) is 2. The van der Waals surface area contributed by atoms with Gasteiger partial charge in [-0.2, -0.15) is 0 Å². The number of thiophene rings is 1. The molecule has 1 atom stereocenters. The van der Waals surface area contributed by atoms with E-state index in [1.165, 1.54) is 4.88 Å².